The second-order valence-corrected chi connectivity index (χ2v) is 8.50. The van der Waals surface area contributed by atoms with Crippen LogP contribution in [0.4, 0.5) is 0 Å². The predicted octanol–water partition coefficient (Wildman–Crippen LogP) is 4.29. The molecule has 3 rings (SSSR count). The first-order chi connectivity index (χ1) is 13.4. The number of rotatable bonds is 7. The number of ether oxygens (including phenoxy) is 2. The molecule has 1 amide bonds. The fourth-order valence-electron chi connectivity index (χ4n) is 2.93. The first-order valence-electron chi connectivity index (χ1n) is 8.79. The van der Waals surface area contributed by atoms with E-state index < -0.39 is 0 Å². The lowest BCUT2D eigenvalue weighted by atomic mass is 10.1. The van der Waals surface area contributed by atoms with E-state index in [2.05, 4.69) is 29.1 Å². The summed E-state index contributed by atoms with van der Waals surface area (Å²) in [7, 11) is 3.23. The second-order valence-electron chi connectivity index (χ2n) is 6.33. The summed E-state index contributed by atoms with van der Waals surface area (Å²) in [6.07, 6.45) is 1.56. The maximum Gasteiger partial charge on any atom is 0.230 e. The van der Waals surface area contributed by atoms with Crippen LogP contribution >= 0.6 is 23.1 Å². The first-order valence-corrected chi connectivity index (χ1v) is 10.6. The molecule has 0 radical (unpaired) electrons. The molecule has 1 aromatic carbocycles. The molecule has 28 heavy (non-hydrogen) atoms. The van der Waals surface area contributed by atoms with Gasteiger partial charge in [0.25, 0.3) is 0 Å². The van der Waals surface area contributed by atoms with Crippen LogP contribution in [-0.4, -0.2) is 35.8 Å². The normalized spacial score (nSPS) is 12.0. The monoisotopic (exact) mass is 417 g/mol. The Kier molecular flexibility index (Phi) is 6.41. The highest BCUT2D eigenvalue weighted by Gasteiger charge is 2.17. The number of benzene rings is 1. The van der Waals surface area contributed by atoms with E-state index in [-0.39, 0.29) is 17.7 Å². The van der Waals surface area contributed by atoms with Crippen LogP contribution in [-0.2, 0) is 4.79 Å². The van der Waals surface area contributed by atoms with Crippen molar-refractivity contribution in [1.29, 1.82) is 0 Å². The molecule has 8 heteroatoms. The van der Waals surface area contributed by atoms with Crippen molar-refractivity contribution in [3.05, 3.63) is 40.5 Å². The molecule has 0 aliphatic rings. The zero-order valence-corrected chi connectivity index (χ0v) is 18.2. The minimum Gasteiger partial charge on any atom is -0.497 e. The number of carbonyl (C=O) groups excluding carboxylic acids is 1. The molecule has 0 unspecified atom stereocenters. The average Bonchev–Trinajstić information content (AvgIpc) is 3.00. The van der Waals surface area contributed by atoms with Gasteiger partial charge >= 0.3 is 0 Å². The van der Waals surface area contributed by atoms with E-state index in [1.165, 1.54) is 22.2 Å². The Bertz CT molecular complexity index is 1000. The smallest absolute Gasteiger partial charge is 0.230 e. The van der Waals surface area contributed by atoms with Crippen molar-refractivity contribution in [2.45, 2.75) is 31.8 Å². The quantitative estimate of drug-likeness (QED) is 0.457. The molecule has 0 aliphatic heterocycles. The Labute approximate surface area is 172 Å². The van der Waals surface area contributed by atoms with Crippen LogP contribution in [0.25, 0.3) is 10.2 Å². The molecule has 148 valence electrons. The first kappa shape index (κ1) is 20.4. The standard InChI is InChI=1S/C20H23N3O3S2/c1-11-13(3)28-20-18(11)19(21-10-22-20)27-9-17(24)23-12(2)15-8-14(25-4)6-7-16(15)26-5/h6-8,10,12H,9H2,1-5H3,(H,23,24)/t12-/m1/s1. The fourth-order valence-corrected chi connectivity index (χ4v) is 4.86. The van der Waals surface area contributed by atoms with E-state index >= 15 is 0 Å². The van der Waals surface area contributed by atoms with E-state index in [0.29, 0.717) is 5.75 Å². The summed E-state index contributed by atoms with van der Waals surface area (Å²) in [6, 6.07) is 5.33. The van der Waals surface area contributed by atoms with Gasteiger partial charge < -0.3 is 14.8 Å². The molecule has 3 aromatic rings. The summed E-state index contributed by atoms with van der Waals surface area (Å²) in [6.45, 7) is 6.07. The number of aromatic nitrogens is 2. The molecule has 2 heterocycles. The number of methoxy groups -OCH3 is 2. The molecule has 0 spiro atoms. The molecule has 2 aromatic heterocycles. The van der Waals surface area contributed by atoms with Gasteiger partial charge in [0.1, 0.15) is 27.7 Å². The number of hydrogen-bond donors (Lipinski definition) is 1. The third-order valence-corrected chi connectivity index (χ3v) is 6.66. The Morgan fingerprint density at radius 3 is 2.75 bits per heavy atom. The van der Waals surface area contributed by atoms with Crippen molar-refractivity contribution in [2.24, 2.45) is 0 Å². The number of thiophene rings is 1. The van der Waals surface area contributed by atoms with Gasteiger partial charge in [-0.3, -0.25) is 4.79 Å². The van der Waals surface area contributed by atoms with Crippen LogP contribution in [0.5, 0.6) is 11.5 Å². The summed E-state index contributed by atoms with van der Waals surface area (Å²) in [4.78, 5) is 23.4. The Balaban J connectivity index is 1.70. The van der Waals surface area contributed by atoms with Crippen LogP contribution < -0.4 is 14.8 Å². The summed E-state index contributed by atoms with van der Waals surface area (Å²) in [5.41, 5.74) is 2.05. The lowest BCUT2D eigenvalue weighted by Crippen LogP contribution is -2.28. The Morgan fingerprint density at radius 1 is 1.25 bits per heavy atom. The fraction of sp³-hybridized carbons (Fsp3) is 0.350. The van der Waals surface area contributed by atoms with Crippen molar-refractivity contribution >= 4 is 39.2 Å². The Morgan fingerprint density at radius 2 is 2.04 bits per heavy atom. The van der Waals surface area contributed by atoms with Crippen LogP contribution in [0.3, 0.4) is 0 Å². The Hall–Kier alpha value is -2.32. The number of carbonyl (C=O) groups is 1. The van der Waals surface area contributed by atoms with Crippen molar-refractivity contribution < 1.29 is 14.3 Å². The van der Waals surface area contributed by atoms with Gasteiger partial charge in [0.05, 0.1) is 26.0 Å². The van der Waals surface area contributed by atoms with Crippen molar-refractivity contribution in [3.8, 4) is 11.5 Å². The number of fused-ring (bicyclic) bond motifs is 1. The molecule has 6 nitrogen and oxygen atoms in total. The highest BCUT2D eigenvalue weighted by molar-refractivity contribution is 8.00. The van der Waals surface area contributed by atoms with Crippen LogP contribution in [0, 0.1) is 13.8 Å². The molecule has 0 saturated heterocycles. The molecule has 1 atom stereocenters. The van der Waals surface area contributed by atoms with Gasteiger partial charge in [0, 0.05) is 15.8 Å². The minimum absolute atomic E-state index is 0.0706. The number of hydrogen-bond acceptors (Lipinski definition) is 7. The molecular formula is C20H23N3O3S2. The number of nitrogens with zero attached hydrogens (tertiary/aromatic N) is 2. The number of amides is 1. The maximum atomic E-state index is 12.5. The van der Waals surface area contributed by atoms with Gasteiger partial charge in [0.15, 0.2) is 0 Å². The van der Waals surface area contributed by atoms with Crippen LogP contribution in [0.15, 0.2) is 29.6 Å². The predicted molar refractivity (Wildman–Crippen MR) is 114 cm³/mol. The van der Waals surface area contributed by atoms with E-state index in [1.54, 1.807) is 31.9 Å². The van der Waals surface area contributed by atoms with Crippen LogP contribution in [0.1, 0.15) is 29.0 Å². The van der Waals surface area contributed by atoms with Crippen molar-refractivity contribution in [2.75, 3.05) is 20.0 Å². The van der Waals surface area contributed by atoms with Gasteiger partial charge in [-0.05, 0) is 44.5 Å². The van der Waals surface area contributed by atoms with Gasteiger partial charge in [-0.15, -0.1) is 11.3 Å². The number of aryl methyl sites for hydroxylation is 2. The number of thioether (sulfide) groups is 1. The maximum absolute atomic E-state index is 12.5. The van der Waals surface area contributed by atoms with E-state index in [1.807, 2.05) is 25.1 Å². The minimum atomic E-state index is -0.214. The second kappa shape index (κ2) is 8.79. The molecular weight excluding hydrogens is 394 g/mol. The van der Waals surface area contributed by atoms with Gasteiger partial charge in [-0.25, -0.2) is 9.97 Å². The third-order valence-electron chi connectivity index (χ3n) is 4.55. The summed E-state index contributed by atoms with van der Waals surface area (Å²) >= 11 is 3.08. The molecule has 0 fully saturated rings. The number of nitrogens with one attached hydrogen (secondary N) is 1. The van der Waals surface area contributed by atoms with Gasteiger partial charge in [-0.1, -0.05) is 11.8 Å². The van der Waals surface area contributed by atoms with E-state index in [0.717, 1.165) is 26.6 Å². The average molecular weight is 418 g/mol. The van der Waals surface area contributed by atoms with Crippen molar-refractivity contribution in [3.63, 3.8) is 0 Å². The van der Waals surface area contributed by atoms with E-state index in [9.17, 15) is 4.79 Å². The molecule has 0 saturated carbocycles. The summed E-state index contributed by atoms with van der Waals surface area (Å²) in [5, 5.41) is 4.91. The SMILES string of the molecule is COc1ccc(OC)c([C@@H](C)NC(=O)CSc2ncnc3sc(C)c(C)c23)c1. The molecule has 0 bridgehead atoms. The van der Waals surface area contributed by atoms with Gasteiger partial charge in [-0.2, -0.15) is 0 Å². The van der Waals surface area contributed by atoms with E-state index in [4.69, 9.17) is 9.47 Å². The highest BCUT2D eigenvalue weighted by Crippen LogP contribution is 2.34. The lowest BCUT2D eigenvalue weighted by Gasteiger charge is -2.18. The molecule has 1 N–H and O–H groups in total. The topological polar surface area (TPSA) is 73.3 Å². The summed E-state index contributed by atoms with van der Waals surface area (Å²) < 4.78 is 10.7. The summed E-state index contributed by atoms with van der Waals surface area (Å²) in [5.74, 6) is 1.64. The third kappa shape index (κ3) is 4.23. The van der Waals surface area contributed by atoms with Crippen LogP contribution in [0.2, 0.25) is 0 Å². The van der Waals surface area contributed by atoms with Gasteiger partial charge in [0.2, 0.25) is 5.91 Å². The largest absolute Gasteiger partial charge is 0.497 e. The zero-order valence-electron chi connectivity index (χ0n) is 16.5. The zero-order chi connectivity index (χ0) is 20.3. The lowest BCUT2D eigenvalue weighted by molar-refractivity contribution is -0.119. The molecule has 0 aliphatic carbocycles. The highest BCUT2D eigenvalue weighted by atomic mass is 32.2. The van der Waals surface area contributed by atoms with Crippen molar-refractivity contribution in [1.82, 2.24) is 15.3 Å².